The fraction of sp³-hybridized carbons (Fsp3) is 0.400. The molecular weight excluding hydrogens is 345 g/mol. The van der Waals surface area contributed by atoms with Crippen molar-refractivity contribution in [2.24, 2.45) is 0 Å². The van der Waals surface area contributed by atoms with Gasteiger partial charge in [0.25, 0.3) is 0 Å². The first kappa shape index (κ1) is 11.0. The summed E-state index contributed by atoms with van der Waals surface area (Å²) in [6, 6.07) is -3.09. The number of allylic oxidation sites excluding steroid dienone is 1. The number of hydrogen-bond acceptors (Lipinski definition) is 4. The molecule has 1 N–H and O–H groups in total. The van der Waals surface area contributed by atoms with Crippen molar-refractivity contribution >= 4 is 33.3 Å². The van der Waals surface area contributed by atoms with Crippen molar-refractivity contribution in [3.8, 4) is 0 Å². The summed E-state index contributed by atoms with van der Waals surface area (Å²) in [7, 11) is -5.00. The van der Waals surface area contributed by atoms with Crippen molar-refractivity contribution in [2.45, 2.75) is 31.4 Å². The van der Waals surface area contributed by atoms with E-state index in [2.05, 4.69) is 0 Å². The first-order chi connectivity index (χ1) is 13.2. The van der Waals surface area contributed by atoms with E-state index in [0.717, 1.165) is 6.08 Å². The maximum absolute atomic E-state index is 13.7. The van der Waals surface area contributed by atoms with Gasteiger partial charge in [-0.15, -0.1) is 0 Å². The Kier molecular flexibility index (Phi) is 3.51. The molecule has 0 heterocycles. The SMILES string of the molecule is [2H]c1c([2H])c(NS(=O)(=O)C2([2H])CC([2H])([2H])CC=C2C(=O)OCC)c(Cl)c([2H])c1F. The fourth-order valence-electron chi connectivity index (χ4n) is 1.84. The molecule has 0 aromatic heterocycles. The summed E-state index contributed by atoms with van der Waals surface area (Å²) in [6.07, 6.45) is -2.45. The minimum Gasteiger partial charge on any atom is -0.463 e. The molecule has 1 aliphatic rings. The van der Waals surface area contributed by atoms with Gasteiger partial charge in [-0.05, 0) is 44.3 Å². The zero-order chi connectivity index (χ0) is 22.4. The Hall–Kier alpha value is -1.60. The lowest BCUT2D eigenvalue weighted by Gasteiger charge is -2.24. The molecule has 0 saturated heterocycles. The molecule has 5 nitrogen and oxygen atoms in total. The van der Waals surface area contributed by atoms with E-state index >= 15 is 0 Å². The first-order valence-electron chi connectivity index (χ1n) is 9.53. The number of carbonyl (C=O) groups is 1. The highest BCUT2D eigenvalue weighted by molar-refractivity contribution is 7.93. The lowest BCUT2D eigenvalue weighted by atomic mass is 9.99. The third-order valence-corrected chi connectivity index (χ3v) is 4.60. The summed E-state index contributed by atoms with van der Waals surface area (Å²) < 4.78 is 93.2. The molecule has 0 fully saturated rings. The van der Waals surface area contributed by atoms with Crippen LogP contribution in [0.15, 0.2) is 29.8 Å². The number of carbonyl (C=O) groups excluding carboxylic acids is 1. The normalized spacial score (nSPS) is 27.3. The summed E-state index contributed by atoms with van der Waals surface area (Å²) in [6.45, 7) is 1.35. The van der Waals surface area contributed by atoms with Gasteiger partial charge in [-0.2, -0.15) is 0 Å². The minimum absolute atomic E-state index is 0.113. The molecule has 0 spiro atoms. The van der Waals surface area contributed by atoms with E-state index in [4.69, 9.17) is 24.6 Å². The van der Waals surface area contributed by atoms with E-state index in [1.807, 2.05) is 0 Å². The minimum atomic E-state index is -5.00. The average Bonchev–Trinajstić information content (AvgIpc) is 2.61. The van der Waals surface area contributed by atoms with Gasteiger partial charge in [0.1, 0.15) is 11.0 Å². The van der Waals surface area contributed by atoms with Crippen LogP contribution in [0.2, 0.25) is 5.02 Å². The third-order valence-electron chi connectivity index (χ3n) is 2.83. The molecule has 0 saturated carbocycles. The predicted octanol–water partition coefficient (Wildman–Crippen LogP) is 3.26. The summed E-state index contributed by atoms with van der Waals surface area (Å²) in [4.78, 5) is 12.2. The van der Waals surface area contributed by atoms with Crippen molar-refractivity contribution in [3.05, 3.63) is 40.6 Å². The monoisotopic (exact) mass is 367 g/mol. The smallest absolute Gasteiger partial charge is 0.335 e. The van der Waals surface area contributed by atoms with Crippen LogP contribution in [0, 0.1) is 5.82 Å². The number of hydrogen-bond donors (Lipinski definition) is 1. The highest BCUT2D eigenvalue weighted by atomic mass is 35.5. The Labute approximate surface area is 148 Å². The average molecular weight is 368 g/mol. The van der Waals surface area contributed by atoms with E-state index in [0.29, 0.717) is 0 Å². The van der Waals surface area contributed by atoms with Gasteiger partial charge in [0.05, 0.1) is 28.4 Å². The third kappa shape index (κ3) is 4.23. The fourth-order valence-corrected chi connectivity index (χ4v) is 3.37. The van der Waals surface area contributed by atoms with Crippen molar-refractivity contribution < 1.29 is 30.6 Å². The van der Waals surface area contributed by atoms with E-state index in [9.17, 15) is 17.6 Å². The molecule has 2 rings (SSSR count). The molecule has 23 heavy (non-hydrogen) atoms. The number of benzene rings is 1. The molecule has 0 bridgehead atoms. The number of nitrogens with one attached hydrogen (secondary N) is 1. The van der Waals surface area contributed by atoms with Crippen molar-refractivity contribution in [3.63, 3.8) is 0 Å². The second-order valence-electron chi connectivity index (χ2n) is 4.38. The number of ether oxygens (including phenoxy) is 1. The van der Waals surface area contributed by atoms with Crippen LogP contribution in [0.3, 0.4) is 0 Å². The molecule has 0 aliphatic heterocycles. The number of sulfonamides is 1. The van der Waals surface area contributed by atoms with Crippen molar-refractivity contribution in [2.75, 3.05) is 11.3 Å². The lowest BCUT2D eigenvalue weighted by Crippen LogP contribution is -2.34. The molecule has 1 aromatic rings. The Balaban J connectivity index is 2.63. The molecule has 0 amide bonds. The van der Waals surface area contributed by atoms with Gasteiger partial charge in [-0.1, -0.05) is 17.7 Å². The van der Waals surface area contributed by atoms with Crippen LogP contribution in [0.25, 0.3) is 0 Å². The topological polar surface area (TPSA) is 72.5 Å². The van der Waals surface area contributed by atoms with Gasteiger partial charge < -0.3 is 4.74 Å². The van der Waals surface area contributed by atoms with Crippen LogP contribution < -0.4 is 4.72 Å². The van der Waals surface area contributed by atoms with Crippen LogP contribution >= 0.6 is 11.6 Å². The quantitative estimate of drug-likeness (QED) is 0.811. The molecule has 1 aromatic carbocycles. The molecular formula is C15H17ClFNO4S. The molecule has 0 radical (unpaired) electrons. The maximum atomic E-state index is 13.7. The highest BCUT2D eigenvalue weighted by Crippen LogP contribution is 2.30. The highest BCUT2D eigenvalue weighted by Gasteiger charge is 2.35. The van der Waals surface area contributed by atoms with Gasteiger partial charge in [0.2, 0.25) is 10.0 Å². The largest absolute Gasteiger partial charge is 0.463 e. The van der Waals surface area contributed by atoms with Gasteiger partial charge in [0, 0.05) is 2.74 Å². The second-order valence-corrected chi connectivity index (χ2v) is 6.46. The molecule has 1 atom stereocenters. The zero-order valence-corrected chi connectivity index (χ0v) is 13.6. The molecule has 1 aliphatic carbocycles. The van der Waals surface area contributed by atoms with Crippen LogP contribution in [0.5, 0.6) is 0 Å². The molecule has 126 valence electrons. The number of rotatable bonds is 5. The second kappa shape index (κ2) is 7.31. The van der Waals surface area contributed by atoms with E-state index in [-0.39, 0.29) is 13.0 Å². The van der Waals surface area contributed by atoms with E-state index in [1.165, 1.54) is 6.92 Å². The van der Waals surface area contributed by atoms with Gasteiger partial charge in [0.15, 0.2) is 0 Å². The van der Waals surface area contributed by atoms with Crippen LogP contribution in [0.4, 0.5) is 10.1 Å². The van der Waals surface area contributed by atoms with E-state index in [1.54, 1.807) is 4.72 Å². The number of halogens is 2. The lowest BCUT2D eigenvalue weighted by molar-refractivity contribution is -0.138. The van der Waals surface area contributed by atoms with E-state index < -0.39 is 74.2 Å². The Morgan fingerprint density at radius 1 is 1.65 bits per heavy atom. The Bertz CT molecular complexity index is 974. The molecule has 1 unspecified atom stereocenters. The maximum Gasteiger partial charge on any atom is 0.335 e. The van der Waals surface area contributed by atoms with Gasteiger partial charge in [-0.3, -0.25) is 4.72 Å². The number of esters is 1. The van der Waals surface area contributed by atoms with Crippen molar-refractivity contribution in [1.29, 1.82) is 0 Å². The van der Waals surface area contributed by atoms with Crippen LogP contribution in [-0.4, -0.2) is 26.2 Å². The summed E-state index contributed by atoms with van der Waals surface area (Å²) in [5, 5.41) is -3.67. The Morgan fingerprint density at radius 2 is 2.39 bits per heavy atom. The van der Waals surface area contributed by atoms with Crippen LogP contribution in [-0.2, 0) is 19.6 Å². The first-order valence-corrected chi connectivity index (χ1v) is 8.39. The van der Waals surface area contributed by atoms with Gasteiger partial charge in [-0.25, -0.2) is 17.6 Å². The van der Waals surface area contributed by atoms with Gasteiger partial charge >= 0.3 is 5.97 Å². The summed E-state index contributed by atoms with van der Waals surface area (Å²) >= 11 is 5.77. The molecule has 8 heteroatoms. The standard InChI is InChI=1S/C15H17ClFNO4S/c1-2-22-15(19)11-5-3-4-6-14(11)23(20,21)18-13-8-7-10(17)9-12(13)16/h5,7-9,14,18H,2-4,6H2,1H3/i4D2,7D,8D,9D,14D. The Morgan fingerprint density at radius 3 is 3.09 bits per heavy atom. The van der Waals surface area contributed by atoms with Crippen LogP contribution in [0.1, 0.15) is 34.4 Å². The summed E-state index contributed by atoms with van der Waals surface area (Å²) in [5.41, 5.74) is -1.44. The number of anilines is 1. The summed E-state index contributed by atoms with van der Waals surface area (Å²) in [5.74, 6) is -2.55. The van der Waals surface area contributed by atoms with Crippen molar-refractivity contribution in [1.82, 2.24) is 0 Å². The zero-order valence-electron chi connectivity index (χ0n) is 18.0. The predicted molar refractivity (Wildman–Crippen MR) is 86.3 cm³/mol.